The molecule has 0 aliphatic carbocycles. The highest BCUT2D eigenvalue weighted by atomic mass is 15.2. The van der Waals surface area contributed by atoms with Crippen LogP contribution in [0.1, 0.15) is 44.5 Å². The molecule has 0 fully saturated rings. The van der Waals surface area contributed by atoms with Crippen molar-refractivity contribution in [2.45, 2.75) is 55.4 Å². The van der Waals surface area contributed by atoms with E-state index in [-0.39, 0.29) is 0 Å². The second-order valence-corrected chi connectivity index (χ2v) is 27.3. The highest BCUT2D eigenvalue weighted by Crippen LogP contribution is 2.55. The van der Waals surface area contributed by atoms with Crippen molar-refractivity contribution in [2.24, 2.45) is 0 Å². The Morgan fingerprint density at radius 3 is 0.818 bits per heavy atom. The highest BCUT2D eigenvalue weighted by Gasteiger charge is 2.39. The van der Waals surface area contributed by atoms with Crippen LogP contribution < -0.4 is 0 Å². The molecular weight excluding hydrogens is 1210 g/mol. The Morgan fingerprint density at radius 2 is 0.485 bits per heavy atom. The van der Waals surface area contributed by atoms with Crippen LogP contribution in [0.25, 0.3) is 172 Å². The van der Waals surface area contributed by atoms with Crippen LogP contribution in [0.2, 0.25) is 0 Å². The van der Waals surface area contributed by atoms with Crippen molar-refractivity contribution in [1.82, 2.24) is 42.8 Å². The topological polar surface area (TPSA) is 76.2 Å². The number of imidazole rings is 1. The summed E-state index contributed by atoms with van der Waals surface area (Å²) >= 11 is 0. The van der Waals surface area contributed by atoms with Crippen molar-refractivity contribution < 1.29 is 0 Å². The third kappa shape index (κ3) is 8.93. The minimum atomic E-state index is 0.469. The van der Waals surface area contributed by atoms with Crippen LogP contribution in [-0.2, 0) is 0 Å². The van der Waals surface area contributed by atoms with Crippen LogP contribution in [0.4, 0.5) is 0 Å². The number of para-hydroxylation sites is 3. The van der Waals surface area contributed by atoms with Gasteiger partial charge in [-0.15, -0.1) is 0 Å². The zero-order valence-electron chi connectivity index (χ0n) is 56.4. The summed E-state index contributed by atoms with van der Waals surface area (Å²) in [5.74, 6) is 2.24. The minimum Gasteiger partial charge on any atom is -0.306 e. The molecule has 472 valence electrons. The fourth-order valence-corrected chi connectivity index (χ4v) is 15.9. The van der Waals surface area contributed by atoms with Crippen molar-refractivity contribution in [1.29, 1.82) is 0 Å². The fraction of sp³-hybridized carbons (Fsp3) is 0.0889. The Hall–Kier alpha value is -12.5. The SMILES string of the molecule is Cc1ccc2c(c1)c1cc(C)ccc1n2-c1c(-c2nc(-c3ccccc3)nc(-c3ccccc3)n2)c(-c2nc3ccccc3n2-c2ccccc2)c(-n2c3ccc(C)cc3c3cc(C)ccc32)c(-n2c3ccc(C)cc3c3cc(C)ccc32)c1-n1c2ccc(C)cc2c2cc(C)ccc21. The molecule has 19 rings (SSSR count). The van der Waals surface area contributed by atoms with Crippen molar-refractivity contribution >= 4 is 98.3 Å². The molecule has 0 N–H and O–H groups in total. The lowest BCUT2D eigenvalue weighted by molar-refractivity contribution is 1.00. The number of nitrogens with zero attached hydrogens (tertiary/aromatic N) is 9. The summed E-state index contributed by atoms with van der Waals surface area (Å²) in [6.45, 7) is 17.7. The maximum absolute atomic E-state index is 6.17. The fourth-order valence-electron chi connectivity index (χ4n) is 15.9. The first kappa shape index (κ1) is 57.9. The van der Waals surface area contributed by atoms with Crippen molar-refractivity contribution in [3.63, 3.8) is 0 Å². The third-order valence-electron chi connectivity index (χ3n) is 20.3. The van der Waals surface area contributed by atoms with Gasteiger partial charge in [0.05, 0.1) is 89.0 Å². The Morgan fingerprint density at radius 1 is 0.212 bits per heavy atom. The zero-order valence-corrected chi connectivity index (χ0v) is 56.4. The van der Waals surface area contributed by atoms with Crippen LogP contribution in [0.15, 0.2) is 261 Å². The molecule has 0 saturated carbocycles. The lowest BCUT2D eigenvalue weighted by Crippen LogP contribution is -2.18. The van der Waals surface area contributed by atoms with Gasteiger partial charge in [0.25, 0.3) is 0 Å². The van der Waals surface area contributed by atoms with E-state index in [2.05, 4.69) is 339 Å². The number of rotatable bonds is 9. The van der Waals surface area contributed by atoms with Crippen LogP contribution in [0, 0.1) is 55.4 Å². The maximum atomic E-state index is 6.17. The van der Waals surface area contributed by atoms with E-state index < -0.39 is 0 Å². The van der Waals surface area contributed by atoms with Crippen molar-refractivity contribution in [2.75, 3.05) is 0 Å². The summed E-state index contributed by atoms with van der Waals surface area (Å²) < 4.78 is 12.7. The Labute approximate surface area is 572 Å². The number of hydrogen-bond donors (Lipinski definition) is 0. The molecule has 99 heavy (non-hydrogen) atoms. The molecule has 19 aromatic rings. The summed E-state index contributed by atoms with van der Waals surface area (Å²) in [4.78, 5) is 23.8. The second kappa shape index (κ2) is 22.0. The molecule has 0 amide bonds. The van der Waals surface area contributed by atoms with Crippen molar-refractivity contribution in [3.8, 4) is 74.0 Å². The molecule has 13 aromatic carbocycles. The van der Waals surface area contributed by atoms with Crippen LogP contribution in [0.5, 0.6) is 0 Å². The molecular formula is C90H67N9. The average Bonchev–Trinajstić information content (AvgIpc) is 1.60. The maximum Gasteiger partial charge on any atom is 0.167 e. The van der Waals surface area contributed by atoms with Crippen LogP contribution >= 0.6 is 0 Å². The Balaban J connectivity index is 1.22. The molecule has 0 unspecified atom stereocenters. The van der Waals surface area contributed by atoms with E-state index in [0.29, 0.717) is 23.3 Å². The Kier molecular flexibility index (Phi) is 12.9. The molecule has 0 radical (unpaired) electrons. The zero-order chi connectivity index (χ0) is 66.6. The highest BCUT2D eigenvalue weighted by molar-refractivity contribution is 6.19. The van der Waals surface area contributed by atoms with Gasteiger partial charge in [-0.3, -0.25) is 4.57 Å². The van der Waals surface area contributed by atoms with Gasteiger partial charge in [0.1, 0.15) is 5.82 Å². The standard InChI is InChI=1S/C90H67N9/c1-52-28-36-72-63(44-52)64-45-53(2)29-37-73(64)96(72)83-81(89-93-87(60-20-12-9-13-21-60)92-88(94-89)61-22-14-10-15-23-61)82(90-91-71-26-18-19-27-80(71)95(90)62-24-16-11-17-25-62)84(97-74-38-30-54(3)46-65(74)66-47-55(4)31-39-75(66)97)86(99-78-42-34-58(7)50-69(78)70-51-59(8)35-43-79(70)99)85(83)98-76-40-32-56(5)48-67(76)68-49-57(6)33-41-77(68)98/h9-51H,1-8H3. The molecule has 0 saturated heterocycles. The number of aromatic nitrogens is 9. The van der Waals surface area contributed by atoms with E-state index in [9.17, 15) is 0 Å². The first-order chi connectivity index (χ1) is 48.4. The van der Waals surface area contributed by atoms with Gasteiger partial charge in [-0.25, -0.2) is 19.9 Å². The van der Waals surface area contributed by atoms with E-state index in [0.717, 1.165) is 160 Å². The molecule has 6 heterocycles. The molecule has 0 aliphatic rings. The van der Waals surface area contributed by atoms with Gasteiger partial charge in [0.2, 0.25) is 0 Å². The smallest absolute Gasteiger partial charge is 0.167 e. The van der Waals surface area contributed by atoms with E-state index in [1.807, 2.05) is 0 Å². The summed E-state index contributed by atoms with van der Waals surface area (Å²) in [6.07, 6.45) is 0. The lowest BCUT2D eigenvalue weighted by Gasteiger charge is -2.31. The van der Waals surface area contributed by atoms with Gasteiger partial charge < -0.3 is 18.3 Å². The van der Waals surface area contributed by atoms with Gasteiger partial charge >= 0.3 is 0 Å². The van der Waals surface area contributed by atoms with Crippen LogP contribution in [0.3, 0.4) is 0 Å². The van der Waals surface area contributed by atoms with Crippen molar-refractivity contribution in [3.05, 3.63) is 305 Å². The second-order valence-electron chi connectivity index (χ2n) is 27.3. The summed E-state index contributed by atoms with van der Waals surface area (Å²) in [5, 5.41) is 9.12. The predicted octanol–water partition coefficient (Wildman–Crippen LogP) is 22.7. The third-order valence-corrected chi connectivity index (χ3v) is 20.3. The number of benzene rings is 13. The largest absolute Gasteiger partial charge is 0.306 e. The van der Waals surface area contributed by atoms with E-state index in [1.165, 1.54) is 33.4 Å². The van der Waals surface area contributed by atoms with Gasteiger partial charge in [0, 0.05) is 59.9 Å². The molecule has 9 heteroatoms. The molecule has 0 atom stereocenters. The summed E-state index contributed by atoms with van der Waals surface area (Å²) in [5.41, 5.74) is 27.2. The van der Waals surface area contributed by atoms with Crippen LogP contribution in [-0.4, -0.2) is 42.8 Å². The minimum absolute atomic E-state index is 0.469. The van der Waals surface area contributed by atoms with E-state index >= 15 is 0 Å². The molecule has 0 bridgehead atoms. The monoisotopic (exact) mass is 1270 g/mol. The molecule has 0 aliphatic heterocycles. The van der Waals surface area contributed by atoms with E-state index in [4.69, 9.17) is 19.9 Å². The summed E-state index contributed by atoms with van der Waals surface area (Å²) in [6, 6.07) is 96.2. The average molecular weight is 1270 g/mol. The van der Waals surface area contributed by atoms with E-state index in [1.54, 1.807) is 0 Å². The quantitative estimate of drug-likeness (QED) is 0.144. The molecule has 0 spiro atoms. The first-order valence-electron chi connectivity index (χ1n) is 34.1. The number of aryl methyl sites for hydroxylation is 8. The predicted molar refractivity (Wildman–Crippen MR) is 411 cm³/mol. The first-order valence-corrected chi connectivity index (χ1v) is 34.1. The Bertz CT molecular complexity index is 6320. The summed E-state index contributed by atoms with van der Waals surface area (Å²) in [7, 11) is 0. The van der Waals surface area contributed by atoms with Gasteiger partial charge in [-0.2, -0.15) is 0 Å². The van der Waals surface area contributed by atoms with Gasteiger partial charge in [0.15, 0.2) is 17.5 Å². The molecule has 6 aromatic heterocycles. The normalized spacial score (nSPS) is 12.0. The van der Waals surface area contributed by atoms with Gasteiger partial charge in [-0.05, 0) is 177 Å². The lowest BCUT2D eigenvalue weighted by atomic mass is 9.94. The molecule has 9 nitrogen and oxygen atoms in total. The van der Waals surface area contributed by atoms with Gasteiger partial charge in [-0.1, -0.05) is 184 Å². The number of hydrogen-bond acceptors (Lipinski definition) is 4. The number of fused-ring (bicyclic) bond motifs is 13.